The molecule has 2 heterocycles. The molecule has 0 bridgehead atoms. The second-order valence-electron chi connectivity index (χ2n) is 3.84. The van der Waals surface area contributed by atoms with E-state index in [1.54, 1.807) is 18.6 Å². The predicted octanol–water partition coefficient (Wildman–Crippen LogP) is 1.71. The highest BCUT2D eigenvalue weighted by Crippen LogP contribution is 2.17. The molecule has 1 unspecified atom stereocenters. The summed E-state index contributed by atoms with van der Waals surface area (Å²) in [4.78, 5) is 8.16. The number of rotatable bonds is 5. The van der Waals surface area contributed by atoms with Gasteiger partial charge in [-0.05, 0) is 18.6 Å². The van der Waals surface area contributed by atoms with Gasteiger partial charge in [-0.3, -0.25) is 9.19 Å². The van der Waals surface area contributed by atoms with E-state index in [1.807, 2.05) is 24.7 Å². The minimum atomic E-state index is -0.722. The van der Waals surface area contributed by atoms with E-state index in [0.29, 0.717) is 0 Å². The molecule has 90 valence electrons. The van der Waals surface area contributed by atoms with Crippen LogP contribution in [0.1, 0.15) is 6.42 Å². The molecule has 4 nitrogen and oxygen atoms in total. The van der Waals surface area contributed by atoms with Crippen molar-refractivity contribution in [2.45, 2.75) is 13.0 Å². The lowest BCUT2D eigenvalue weighted by Gasteiger charge is -2.07. The van der Waals surface area contributed by atoms with Gasteiger partial charge >= 0.3 is 0 Å². The fourth-order valence-corrected chi connectivity index (χ4v) is 2.24. The van der Waals surface area contributed by atoms with Gasteiger partial charge in [0.2, 0.25) is 0 Å². The second kappa shape index (κ2) is 5.72. The van der Waals surface area contributed by atoms with Gasteiger partial charge in [0, 0.05) is 47.3 Å². The number of pyridine rings is 1. The van der Waals surface area contributed by atoms with Crippen LogP contribution in [0.15, 0.2) is 37.1 Å². The maximum Gasteiger partial charge on any atom is 0.0950 e. The highest BCUT2D eigenvalue weighted by Gasteiger charge is 2.04. The Morgan fingerprint density at radius 1 is 1.29 bits per heavy atom. The fraction of sp³-hybridized carbons (Fsp3) is 0.333. The number of hydrogen-bond donors (Lipinski definition) is 0. The van der Waals surface area contributed by atoms with Crippen LogP contribution >= 0.6 is 0 Å². The average molecular weight is 249 g/mol. The normalized spacial score (nSPS) is 12.5. The van der Waals surface area contributed by atoms with Crippen LogP contribution in [0.2, 0.25) is 0 Å². The van der Waals surface area contributed by atoms with Crippen LogP contribution in [0.4, 0.5) is 0 Å². The molecule has 0 saturated heterocycles. The zero-order chi connectivity index (χ0) is 12.1. The average Bonchev–Trinajstić information content (AvgIpc) is 2.78. The van der Waals surface area contributed by atoms with Crippen molar-refractivity contribution in [3.05, 3.63) is 37.1 Å². The predicted molar refractivity (Wildman–Crippen MR) is 69.0 cm³/mol. The van der Waals surface area contributed by atoms with Crippen LogP contribution in [0.3, 0.4) is 0 Å². The van der Waals surface area contributed by atoms with Crippen molar-refractivity contribution in [2.75, 3.05) is 12.0 Å². The minimum Gasteiger partial charge on any atom is -0.331 e. The van der Waals surface area contributed by atoms with E-state index in [4.69, 9.17) is 0 Å². The Morgan fingerprint density at radius 2 is 2.06 bits per heavy atom. The van der Waals surface area contributed by atoms with Gasteiger partial charge in [-0.1, -0.05) is 0 Å². The van der Waals surface area contributed by atoms with Gasteiger partial charge in [-0.2, -0.15) is 0 Å². The molecule has 0 amide bonds. The molecule has 1 atom stereocenters. The Hall–Kier alpha value is -1.49. The fourth-order valence-electron chi connectivity index (χ4n) is 1.70. The number of aromatic nitrogens is 3. The molecule has 5 heteroatoms. The maximum atomic E-state index is 11.0. The molecule has 0 aliphatic rings. The first-order valence-electron chi connectivity index (χ1n) is 5.48. The molecule has 0 spiro atoms. The van der Waals surface area contributed by atoms with Crippen LogP contribution in [0.5, 0.6) is 0 Å². The number of aryl methyl sites for hydroxylation is 1. The Balaban J connectivity index is 2.10. The monoisotopic (exact) mass is 249 g/mol. The molecule has 2 rings (SSSR count). The summed E-state index contributed by atoms with van der Waals surface area (Å²) in [7, 11) is -0.722. The first-order chi connectivity index (χ1) is 8.27. The van der Waals surface area contributed by atoms with E-state index < -0.39 is 10.8 Å². The molecule has 0 N–H and O–H groups in total. The summed E-state index contributed by atoms with van der Waals surface area (Å²) in [5.74, 6) is 0.730. The topological polar surface area (TPSA) is 47.8 Å². The highest BCUT2D eigenvalue weighted by atomic mass is 32.2. The highest BCUT2D eigenvalue weighted by molar-refractivity contribution is 7.84. The standard InChI is InChI=1S/C12H15N3OS/c1-17(16)8-2-7-15-10-14-9-12(15)11-3-5-13-6-4-11/h3-6,9-10H,2,7-8H2,1H3. The summed E-state index contributed by atoms with van der Waals surface area (Å²) in [6.45, 7) is 0.844. The molecule has 2 aromatic rings. The quantitative estimate of drug-likeness (QED) is 0.810. The largest absolute Gasteiger partial charge is 0.331 e. The lowest BCUT2D eigenvalue weighted by atomic mass is 10.2. The van der Waals surface area contributed by atoms with E-state index in [2.05, 4.69) is 14.5 Å². The van der Waals surface area contributed by atoms with E-state index >= 15 is 0 Å². The van der Waals surface area contributed by atoms with Crippen LogP contribution in [-0.2, 0) is 17.3 Å². The van der Waals surface area contributed by atoms with Crippen LogP contribution in [-0.4, -0.2) is 30.8 Å². The van der Waals surface area contributed by atoms with Crippen molar-refractivity contribution in [2.24, 2.45) is 0 Å². The minimum absolute atomic E-state index is 0.722. The van der Waals surface area contributed by atoms with Crippen LogP contribution in [0.25, 0.3) is 11.3 Å². The van der Waals surface area contributed by atoms with Gasteiger partial charge in [-0.25, -0.2) is 4.98 Å². The molecular formula is C12H15N3OS. The van der Waals surface area contributed by atoms with Crippen molar-refractivity contribution < 1.29 is 4.21 Å². The number of hydrogen-bond acceptors (Lipinski definition) is 3. The summed E-state index contributed by atoms with van der Waals surface area (Å²) < 4.78 is 13.1. The Labute approximate surface area is 103 Å². The molecular weight excluding hydrogens is 234 g/mol. The third-order valence-electron chi connectivity index (χ3n) is 2.52. The van der Waals surface area contributed by atoms with E-state index in [0.717, 1.165) is 30.0 Å². The van der Waals surface area contributed by atoms with Crippen LogP contribution < -0.4 is 0 Å². The Morgan fingerprint density at radius 3 is 2.76 bits per heavy atom. The van der Waals surface area contributed by atoms with Crippen molar-refractivity contribution in [1.82, 2.24) is 14.5 Å². The van der Waals surface area contributed by atoms with Gasteiger partial charge in [-0.15, -0.1) is 0 Å². The van der Waals surface area contributed by atoms with Crippen molar-refractivity contribution in [1.29, 1.82) is 0 Å². The Bertz CT molecular complexity index is 495. The third-order valence-corrected chi connectivity index (χ3v) is 3.38. The molecule has 17 heavy (non-hydrogen) atoms. The zero-order valence-corrected chi connectivity index (χ0v) is 10.6. The van der Waals surface area contributed by atoms with E-state index in [9.17, 15) is 4.21 Å². The molecule has 0 saturated carbocycles. The molecule has 0 fully saturated rings. The van der Waals surface area contributed by atoms with E-state index in [-0.39, 0.29) is 0 Å². The van der Waals surface area contributed by atoms with Gasteiger partial charge in [0.1, 0.15) is 0 Å². The van der Waals surface area contributed by atoms with Crippen LogP contribution in [0, 0.1) is 0 Å². The molecule has 0 radical (unpaired) electrons. The summed E-state index contributed by atoms with van der Waals surface area (Å²) in [6, 6.07) is 3.93. The summed E-state index contributed by atoms with van der Waals surface area (Å²) in [5, 5.41) is 0. The van der Waals surface area contributed by atoms with Gasteiger partial charge in [0.05, 0.1) is 18.2 Å². The SMILES string of the molecule is CS(=O)CCCn1cncc1-c1ccncc1. The number of nitrogens with zero attached hydrogens (tertiary/aromatic N) is 3. The zero-order valence-electron chi connectivity index (χ0n) is 9.74. The second-order valence-corrected chi connectivity index (χ2v) is 5.39. The first-order valence-corrected chi connectivity index (χ1v) is 7.20. The molecule has 0 aliphatic carbocycles. The summed E-state index contributed by atoms with van der Waals surface area (Å²) >= 11 is 0. The lowest BCUT2D eigenvalue weighted by molar-refractivity contribution is 0.663. The summed E-state index contributed by atoms with van der Waals surface area (Å²) in [6.07, 6.45) is 9.84. The van der Waals surface area contributed by atoms with E-state index in [1.165, 1.54) is 0 Å². The van der Waals surface area contributed by atoms with Crippen molar-refractivity contribution in [3.63, 3.8) is 0 Å². The van der Waals surface area contributed by atoms with Gasteiger partial charge in [0.15, 0.2) is 0 Å². The summed E-state index contributed by atoms with van der Waals surface area (Å²) in [5.41, 5.74) is 2.18. The number of imidazole rings is 1. The van der Waals surface area contributed by atoms with Crippen molar-refractivity contribution >= 4 is 10.8 Å². The van der Waals surface area contributed by atoms with Gasteiger partial charge < -0.3 is 4.57 Å². The Kier molecular flexibility index (Phi) is 4.03. The lowest BCUT2D eigenvalue weighted by Crippen LogP contribution is -2.03. The molecule has 2 aromatic heterocycles. The third kappa shape index (κ3) is 3.23. The molecule has 0 aliphatic heterocycles. The smallest absolute Gasteiger partial charge is 0.0950 e. The van der Waals surface area contributed by atoms with Crippen molar-refractivity contribution in [3.8, 4) is 11.3 Å². The maximum absolute atomic E-state index is 11.0. The molecule has 0 aromatic carbocycles. The first kappa shape index (κ1) is 12.0. The van der Waals surface area contributed by atoms with Gasteiger partial charge in [0.25, 0.3) is 0 Å².